The van der Waals surface area contributed by atoms with E-state index in [0.29, 0.717) is 23.8 Å². The van der Waals surface area contributed by atoms with Crippen molar-refractivity contribution in [2.24, 2.45) is 0 Å². The minimum Gasteiger partial charge on any atom is -0.407 e. The van der Waals surface area contributed by atoms with Crippen molar-refractivity contribution in [2.75, 3.05) is 18.1 Å². The first-order valence-electron chi connectivity index (χ1n) is 9.20. The van der Waals surface area contributed by atoms with E-state index in [1.165, 1.54) is 36.0 Å². The summed E-state index contributed by atoms with van der Waals surface area (Å²) in [6.07, 6.45) is 5.52. The molecule has 0 spiro atoms. The molecule has 0 unspecified atom stereocenters. The summed E-state index contributed by atoms with van der Waals surface area (Å²) in [5.41, 5.74) is 0.314. The zero-order valence-electron chi connectivity index (χ0n) is 15.9. The number of sulfonamides is 1. The lowest BCUT2D eigenvalue weighted by Crippen LogP contribution is -2.43. The number of hydrogen-bond donors (Lipinski definition) is 1. The maximum Gasteiger partial charge on any atom is 0.322 e. The molecule has 1 aliphatic rings. The molecule has 1 N–H and O–H groups in total. The number of rotatable bonds is 7. The summed E-state index contributed by atoms with van der Waals surface area (Å²) in [5.74, 6) is 0.550. The van der Waals surface area contributed by atoms with E-state index in [9.17, 15) is 13.2 Å². The lowest BCUT2D eigenvalue weighted by Gasteiger charge is -2.34. The van der Waals surface area contributed by atoms with Crippen molar-refractivity contribution in [1.29, 1.82) is 0 Å². The number of aromatic nitrogens is 2. The maximum atomic E-state index is 13.0. The van der Waals surface area contributed by atoms with Gasteiger partial charge in [0.05, 0.1) is 10.6 Å². The second kappa shape index (κ2) is 9.06. The molecule has 1 aromatic carbocycles. The molecule has 0 radical (unpaired) electrons. The topological polar surface area (TPSA) is 105 Å². The van der Waals surface area contributed by atoms with Crippen LogP contribution in [-0.2, 0) is 15.8 Å². The summed E-state index contributed by atoms with van der Waals surface area (Å²) in [6, 6.07) is 5.98. The van der Waals surface area contributed by atoms with Gasteiger partial charge in [-0.15, -0.1) is 5.10 Å². The van der Waals surface area contributed by atoms with Crippen LogP contribution in [0.15, 0.2) is 33.6 Å². The third kappa shape index (κ3) is 4.56. The number of amides is 1. The fourth-order valence-corrected chi connectivity index (χ4v) is 5.40. The summed E-state index contributed by atoms with van der Waals surface area (Å²) in [5, 5.41) is 10.1. The molecule has 2 heterocycles. The second-order valence-electron chi connectivity index (χ2n) is 6.59. The Morgan fingerprint density at radius 3 is 2.71 bits per heavy atom. The van der Waals surface area contributed by atoms with Gasteiger partial charge in [0.25, 0.3) is 5.91 Å². The molecule has 1 saturated heterocycles. The van der Waals surface area contributed by atoms with Crippen LogP contribution in [0.4, 0.5) is 6.01 Å². The number of piperidine rings is 1. The Bertz CT molecular complexity index is 912. The second-order valence-corrected chi connectivity index (χ2v) is 9.34. The number of benzene rings is 1. The van der Waals surface area contributed by atoms with E-state index in [-0.39, 0.29) is 17.0 Å². The van der Waals surface area contributed by atoms with Gasteiger partial charge in [-0.05, 0) is 49.8 Å². The molecular weight excluding hydrogens is 400 g/mol. The van der Waals surface area contributed by atoms with Crippen molar-refractivity contribution < 1.29 is 17.6 Å². The van der Waals surface area contributed by atoms with Gasteiger partial charge in [-0.1, -0.05) is 18.4 Å². The van der Waals surface area contributed by atoms with E-state index in [1.807, 2.05) is 13.2 Å². The molecule has 1 aliphatic heterocycles. The van der Waals surface area contributed by atoms with Crippen molar-refractivity contribution in [1.82, 2.24) is 14.5 Å². The Balaban J connectivity index is 1.72. The molecule has 1 aromatic heterocycles. The van der Waals surface area contributed by atoms with Gasteiger partial charge in [0.15, 0.2) is 0 Å². The van der Waals surface area contributed by atoms with E-state index in [1.54, 1.807) is 4.31 Å². The molecule has 1 fully saturated rings. The van der Waals surface area contributed by atoms with Crippen LogP contribution in [0, 0.1) is 0 Å². The van der Waals surface area contributed by atoms with Crippen LogP contribution in [-0.4, -0.2) is 47.7 Å². The number of carbonyl (C=O) groups excluding carboxylic acids is 1. The standard InChI is InChI=1S/C18H24N4O4S2/c1-3-14-6-4-5-11-22(14)28(24,25)15-9-7-13(8-10-15)17(23)19-18-21-20-16(26-18)12-27-2/h7-10,14H,3-6,11-12H2,1-2H3,(H,19,21,23)/t14-/m0/s1. The first kappa shape index (κ1) is 20.8. The highest BCUT2D eigenvalue weighted by Gasteiger charge is 2.32. The van der Waals surface area contributed by atoms with E-state index < -0.39 is 15.9 Å². The average molecular weight is 425 g/mol. The fourth-order valence-electron chi connectivity index (χ4n) is 3.27. The van der Waals surface area contributed by atoms with Crippen LogP contribution in [0.1, 0.15) is 48.9 Å². The van der Waals surface area contributed by atoms with Crippen LogP contribution in [0.25, 0.3) is 0 Å². The highest BCUT2D eigenvalue weighted by Crippen LogP contribution is 2.27. The summed E-state index contributed by atoms with van der Waals surface area (Å²) in [6.45, 7) is 2.55. The Kier molecular flexibility index (Phi) is 6.73. The molecule has 2 aromatic rings. The van der Waals surface area contributed by atoms with Gasteiger partial charge in [0.2, 0.25) is 15.9 Å². The SMILES string of the molecule is CC[C@H]1CCCCN1S(=O)(=O)c1ccc(C(=O)Nc2nnc(CSC)o2)cc1. The van der Waals surface area contributed by atoms with Crippen molar-refractivity contribution in [3.63, 3.8) is 0 Å². The summed E-state index contributed by atoms with van der Waals surface area (Å²) >= 11 is 1.53. The summed E-state index contributed by atoms with van der Waals surface area (Å²) in [4.78, 5) is 12.5. The Hall–Kier alpha value is -1.91. The molecule has 1 amide bonds. The zero-order valence-corrected chi connectivity index (χ0v) is 17.6. The number of hydrogen-bond acceptors (Lipinski definition) is 7. The van der Waals surface area contributed by atoms with Crippen LogP contribution < -0.4 is 5.32 Å². The van der Waals surface area contributed by atoms with E-state index in [0.717, 1.165) is 25.7 Å². The number of nitrogens with one attached hydrogen (secondary N) is 1. The molecule has 0 saturated carbocycles. The molecule has 1 atom stereocenters. The third-order valence-corrected chi connectivity index (χ3v) is 7.22. The fraction of sp³-hybridized carbons (Fsp3) is 0.500. The van der Waals surface area contributed by atoms with Crippen LogP contribution in [0.2, 0.25) is 0 Å². The Labute approximate surface area is 169 Å². The number of thioether (sulfide) groups is 1. The minimum atomic E-state index is -3.57. The van der Waals surface area contributed by atoms with Crippen molar-refractivity contribution >= 4 is 33.7 Å². The van der Waals surface area contributed by atoms with Gasteiger partial charge in [-0.3, -0.25) is 10.1 Å². The van der Waals surface area contributed by atoms with Crippen molar-refractivity contribution in [3.8, 4) is 0 Å². The Morgan fingerprint density at radius 2 is 2.04 bits per heavy atom. The quantitative estimate of drug-likeness (QED) is 0.728. The maximum absolute atomic E-state index is 13.0. The van der Waals surface area contributed by atoms with Gasteiger partial charge in [0, 0.05) is 18.2 Å². The van der Waals surface area contributed by atoms with Gasteiger partial charge in [-0.2, -0.15) is 16.1 Å². The van der Waals surface area contributed by atoms with E-state index in [2.05, 4.69) is 15.5 Å². The molecule has 152 valence electrons. The molecule has 0 aliphatic carbocycles. The van der Waals surface area contributed by atoms with Crippen LogP contribution in [0.3, 0.4) is 0 Å². The number of anilines is 1. The minimum absolute atomic E-state index is 0.0184. The van der Waals surface area contributed by atoms with E-state index >= 15 is 0 Å². The predicted molar refractivity (Wildman–Crippen MR) is 108 cm³/mol. The van der Waals surface area contributed by atoms with E-state index in [4.69, 9.17) is 4.42 Å². The normalized spacial score (nSPS) is 18.1. The third-order valence-electron chi connectivity index (χ3n) is 4.72. The number of carbonyl (C=O) groups is 1. The van der Waals surface area contributed by atoms with Crippen LogP contribution >= 0.6 is 11.8 Å². The lowest BCUT2D eigenvalue weighted by molar-refractivity contribution is 0.102. The molecule has 3 rings (SSSR count). The molecular formula is C18H24N4O4S2. The molecule has 10 heteroatoms. The highest BCUT2D eigenvalue weighted by atomic mass is 32.2. The van der Waals surface area contributed by atoms with Crippen molar-refractivity contribution in [3.05, 3.63) is 35.7 Å². The van der Waals surface area contributed by atoms with Gasteiger partial charge in [-0.25, -0.2) is 8.42 Å². The largest absolute Gasteiger partial charge is 0.407 e. The molecule has 8 nitrogen and oxygen atoms in total. The molecule has 0 bridgehead atoms. The van der Waals surface area contributed by atoms with Gasteiger partial charge in [0.1, 0.15) is 0 Å². The lowest BCUT2D eigenvalue weighted by atomic mass is 10.0. The Morgan fingerprint density at radius 1 is 1.29 bits per heavy atom. The summed E-state index contributed by atoms with van der Waals surface area (Å²) < 4.78 is 32.9. The smallest absolute Gasteiger partial charge is 0.322 e. The zero-order chi connectivity index (χ0) is 20.1. The first-order valence-corrected chi connectivity index (χ1v) is 12.0. The predicted octanol–water partition coefficient (Wildman–Crippen LogP) is 3.14. The highest BCUT2D eigenvalue weighted by molar-refractivity contribution is 7.97. The van der Waals surface area contributed by atoms with Crippen molar-refractivity contribution in [2.45, 2.75) is 49.3 Å². The average Bonchev–Trinajstić information content (AvgIpc) is 3.15. The van der Waals surface area contributed by atoms with Gasteiger partial charge < -0.3 is 4.42 Å². The monoisotopic (exact) mass is 424 g/mol. The molecule has 28 heavy (non-hydrogen) atoms. The van der Waals surface area contributed by atoms with Gasteiger partial charge >= 0.3 is 6.01 Å². The number of nitrogens with zero attached hydrogens (tertiary/aromatic N) is 3. The van der Waals surface area contributed by atoms with Crippen LogP contribution in [0.5, 0.6) is 0 Å². The first-order chi connectivity index (χ1) is 13.5. The summed E-state index contributed by atoms with van der Waals surface area (Å²) in [7, 11) is -3.57.